The average Bonchev–Trinajstić information content (AvgIpc) is 1.58. The molecule has 20 aromatic rings. The summed E-state index contributed by atoms with van der Waals surface area (Å²) < 4.78 is 9.76. The summed E-state index contributed by atoms with van der Waals surface area (Å²) in [6.07, 6.45) is 0. The highest BCUT2D eigenvalue weighted by Crippen LogP contribution is 2.45. The van der Waals surface area contributed by atoms with Gasteiger partial charge >= 0.3 is 0 Å². The number of benzene rings is 16. The molecule has 466 valence electrons. The summed E-state index contributed by atoms with van der Waals surface area (Å²) in [4.78, 5) is 0. The van der Waals surface area contributed by atoms with E-state index < -0.39 is 0 Å². The maximum atomic E-state index is 2.48. The molecule has 0 aliphatic rings. The minimum Gasteiger partial charge on any atom is -0.309 e. The molecule has 0 fully saturated rings. The summed E-state index contributed by atoms with van der Waals surface area (Å²) in [6.45, 7) is 0. The molecule has 0 radical (unpaired) electrons. The van der Waals surface area contributed by atoms with Crippen LogP contribution >= 0.6 is 0 Å². The fourth-order valence-corrected chi connectivity index (χ4v) is 16.2. The number of hydrogen-bond donors (Lipinski definition) is 0. The number of hydrogen-bond acceptors (Lipinski definition) is 0. The molecule has 4 aromatic heterocycles. The van der Waals surface area contributed by atoms with Gasteiger partial charge in [-0.25, -0.2) is 0 Å². The number of aromatic nitrogens is 4. The summed E-state index contributed by atoms with van der Waals surface area (Å²) in [7, 11) is 0. The van der Waals surface area contributed by atoms with E-state index in [1.807, 2.05) is 0 Å². The van der Waals surface area contributed by atoms with Crippen LogP contribution in [0.25, 0.3) is 188 Å². The molecule has 16 aromatic carbocycles. The standard InChI is InChI=1S/C96H62N4/c1-4-22-63(23-5-1)64-40-42-67(43-41-64)82-58-68(46-53-92(82)100-91-39-21-16-34-81(91)86-62-72(50-57-96(86)100)69-47-54-93-83(59-69)78-31-13-17-35-87(78)97(93)73-26-8-3-9-27-73)65-44-51-74(52-45-65)98-88-36-18-14-32-79(88)84-60-70(48-55-94(84)98)71-49-56-95-85(61-71)80-33-15-20-38-90(80)99(95)89-37-19-12-30-77(89)76-29-11-10-28-75(76)66-24-6-2-7-25-66/h1-62H. The van der Waals surface area contributed by atoms with Crippen LogP contribution in [0.1, 0.15) is 0 Å². The lowest BCUT2D eigenvalue weighted by Crippen LogP contribution is -1.98. The van der Waals surface area contributed by atoms with E-state index in [4.69, 9.17) is 0 Å². The van der Waals surface area contributed by atoms with Crippen molar-refractivity contribution in [2.24, 2.45) is 0 Å². The predicted octanol–water partition coefficient (Wildman–Crippen LogP) is 25.7. The highest BCUT2D eigenvalue weighted by atomic mass is 15.0. The molecule has 0 saturated carbocycles. The van der Waals surface area contributed by atoms with Gasteiger partial charge in [0, 0.05) is 65.6 Å². The Morgan fingerprint density at radius 3 is 0.900 bits per heavy atom. The molecule has 100 heavy (non-hydrogen) atoms. The highest BCUT2D eigenvalue weighted by Gasteiger charge is 2.23. The van der Waals surface area contributed by atoms with Gasteiger partial charge in [-0.3, -0.25) is 0 Å². The van der Waals surface area contributed by atoms with Gasteiger partial charge in [0.25, 0.3) is 0 Å². The topological polar surface area (TPSA) is 19.7 Å². The zero-order valence-electron chi connectivity index (χ0n) is 54.6. The Balaban J connectivity index is 0.669. The van der Waals surface area contributed by atoms with Gasteiger partial charge in [-0.2, -0.15) is 0 Å². The molecule has 0 saturated heterocycles. The molecule has 4 heteroatoms. The minimum absolute atomic E-state index is 1.11. The van der Waals surface area contributed by atoms with Gasteiger partial charge in [-0.15, -0.1) is 0 Å². The SMILES string of the molecule is c1ccc(-c2ccc(-c3cc(-c4ccc(-n5c6ccccc6c6cc(-c7ccc8c(c7)c7ccccc7n8-c7ccccc7-c7ccccc7-c7ccccc7)ccc65)cc4)ccc3-n3c4ccccc4c4cc(-c5ccc6c(c5)c5ccccc5n6-c5ccccc5)ccc43)cc2)cc1. The molecule has 0 unspecified atom stereocenters. The normalized spacial score (nSPS) is 11.8. The van der Waals surface area contributed by atoms with E-state index in [0.717, 1.165) is 56.0 Å². The van der Waals surface area contributed by atoms with Crippen LogP contribution in [0.2, 0.25) is 0 Å². The van der Waals surface area contributed by atoms with Crippen molar-refractivity contribution in [2.45, 2.75) is 0 Å². The van der Waals surface area contributed by atoms with Crippen molar-refractivity contribution in [3.63, 3.8) is 0 Å². The van der Waals surface area contributed by atoms with E-state index in [2.05, 4.69) is 394 Å². The second-order valence-electron chi connectivity index (χ2n) is 26.3. The van der Waals surface area contributed by atoms with Gasteiger partial charge < -0.3 is 18.3 Å². The minimum atomic E-state index is 1.11. The zero-order chi connectivity index (χ0) is 65.8. The Hall–Kier alpha value is -13.3. The Morgan fingerprint density at radius 2 is 0.410 bits per heavy atom. The van der Waals surface area contributed by atoms with Crippen LogP contribution in [-0.4, -0.2) is 18.3 Å². The van der Waals surface area contributed by atoms with Crippen molar-refractivity contribution >= 4 is 87.2 Å². The summed E-state index contributed by atoms with van der Waals surface area (Å²) in [5.74, 6) is 0. The van der Waals surface area contributed by atoms with Crippen molar-refractivity contribution in [3.05, 3.63) is 376 Å². The maximum absolute atomic E-state index is 2.48. The van der Waals surface area contributed by atoms with Crippen LogP contribution in [0.4, 0.5) is 0 Å². The molecule has 4 heterocycles. The number of fused-ring (bicyclic) bond motifs is 12. The monoisotopic (exact) mass is 1270 g/mol. The van der Waals surface area contributed by atoms with Crippen LogP contribution in [-0.2, 0) is 0 Å². The third-order valence-electron chi connectivity index (χ3n) is 20.8. The van der Waals surface area contributed by atoms with Crippen LogP contribution in [0.3, 0.4) is 0 Å². The van der Waals surface area contributed by atoms with Gasteiger partial charge in [0.05, 0.1) is 55.5 Å². The van der Waals surface area contributed by atoms with Gasteiger partial charge in [0.1, 0.15) is 0 Å². The second-order valence-corrected chi connectivity index (χ2v) is 26.3. The maximum Gasteiger partial charge on any atom is 0.0541 e. The van der Waals surface area contributed by atoms with Gasteiger partial charge in [-0.1, -0.05) is 261 Å². The Kier molecular flexibility index (Phi) is 13.2. The number of para-hydroxylation sites is 6. The molecular weight excluding hydrogens is 1210 g/mol. The summed E-state index contributed by atoms with van der Waals surface area (Å²) in [5.41, 5.74) is 30.5. The first kappa shape index (κ1) is 57.0. The molecule has 0 amide bonds. The Bertz CT molecular complexity index is 6600. The third-order valence-corrected chi connectivity index (χ3v) is 20.8. The van der Waals surface area contributed by atoms with Crippen molar-refractivity contribution < 1.29 is 0 Å². The Labute approximate surface area is 578 Å². The fourth-order valence-electron chi connectivity index (χ4n) is 16.2. The van der Waals surface area contributed by atoms with Crippen LogP contribution < -0.4 is 0 Å². The third kappa shape index (κ3) is 9.22. The highest BCUT2D eigenvalue weighted by molar-refractivity contribution is 6.15. The number of rotatable bonds is 11. The molecule has 20 rings (SSSR count). The van der Waals surface area contributed by atoms with Crippen LogP contribution in [0, 0.1) is 0 Å². The van der Waals surface area contributed by atoms with E-state index in [9.17, 15) is 0 Å². The van der Waals surface area contributed by atoms with Crippen molar-refractivity contribution in [1.29, 1.82) is 0 Å². The first-order chi connectivity index (χ1) is 49.6. The van der Waals surface area contributed by atoms with E-state index in [0.29, 0.717) is 0 Å². The van der Waals surface area contributed by atoms with Gasteiger partial charge in [-0.05, 0) is 182 Å². The lowest BCUT2D eigenvalue weighted by molar-refractivity contribution is 1.18. The van der Waals surface area contributed by atoms with Crippen molar-refractivity contribution in [2.75, 3.05) is 0 Å². The van der Waals surface area contributed by atoms with E-state index in [1.54, 1.807) is 0 Å². The molecule has 4 nitrogen and oxygen atoms in total. The Morgan fingerprint density at radius 1 is 0.130 bits per heavy atom. The first-order valence-corrected chi connectivity index (χ1v) is 34.5. The predicted molar refractivity (Wildman–Crippen MR) is 422 cm³/mol. The van der Waals surface area contributed by atoms with E-state index in [1.165, 1.54) is 132 Å². The quantitative estimate of drug-likeness (QED) is 0.123. The van der Waals surface area contributed by atoms with Crippen molar-refractivity contribution in [1.82, 2.24) is 18.3 Å². The lowest BCUT2D eigenvalue weighted by atomic mass is 9.93. The molecule has 0 aliphatic carbocycles. The second kappa shape index (κ2) is 23.2. The lowest BCUT2D eigenvalue weighted by Gasteiger charge is -2.17. The summed E-state index contributed by atoms with van der Waals surface area (Å²) >= 11 is 0. The smallest absolute Gasteiger partial charge is 0.0541 e. The fraction of sp³-hybridized carbons (Fsp3) is 0. The van der Waals surface area contributed by atoms with Crippen molar-refractivity contribution in [3.8, 4) is 101 Å². The molecule has 0 atom stereocenters. The summed E-state index contributed by atoms with van der Waals surface area (Å²) in [5, 5.41) is 9.80. The molecular formula is C96H62N4. The van der Waals surface area contributed by atoms with Gasteiger partial charge in [0.2, 0.25) is 0 Å². The van der Waals surface area contributed by atoms with Crippen LogP contribution in [0.15, 0.2) is 376 Å². The zero-order valence-corrected chi connectivity index (χ0v) is 54.6. The van der Waals surface area contributed by atoms with E-state index in [-0.39, 0.29) is 0 Å². The molecule has 0 N–H and O–H groups in total. The largest absolute Gasteiger partial charge is 0.309 e. The summed E-state index contributed by atoms with van der Waals surface area (Å²) in [6, 6.07) is 139. The number of nitrogens with zero attached hydrogens (tertiary/aromatic N) is 4. The first-order valence-electron chi connectivity index (χ1n) is 34.5. The average molecular weight is 1270 g/mol. The van der Waals surface area contributed by atoms with Gasteiger partial charge in [0.15, 0.2) is 0 Å². The van der Waals surface area contributed by atoms with Crippen LogP contribution in [0.5, 0.6) is 0 Å². The van der Waals surface area contributed by atoms with E-state index >= 15 is 0 Å². The molecule has 0 aliphatic heterocycles. The molecule has 0 bridgehead atoms. The molecule has 0 spiro atoms.